The van der Waals surface area contributed by atoms with Gasteiger partial charge in [0.2, 0.25) is 0 Å². The fourth-order valence-electron chi connectivity index (χ4n) is 1.02. The van der Waals surface area contributed by atoms with E-state index < -0.39 is 0 Å². The topological polar surface area (TPSA) is 34.9 Å². The highest BCUT2D eigenvalue weighted by Gasteiger charge is 2.05. The first-order valence-electron chi connectivity index (χ1n) is 3.55. The number of hydrogen-bond donors (Lipinski definition) is 0. The van der Waals surface area contributed by atoms with E-state index >= 15 is 0 Å². The Labute approximate surface area is 87.2 Å². The molecule has 0 saturated heterocycles. The molecule has 0 radical (unpaired) electrons. The van der Waals surface area contributed by atoms with Gasteiger partial charge in [-0.2, -0.15) is 0 Å². The van der Waals surface area contributed by atoms with Gasteiger partial charge in [0.25, 0.3) is 0 Å². The molecule has 0 fully saturated rings. The monoisotopic (exact) mass is 256 g/mol. The van der Waals surface area contributed by atoms with Crippen LogP contribution < -0.4 is 0 Å². The van der Waals surface area contributed by atoms with Gasteiger partial charge in [-0.3, -0.25) is 9.36 Å². The van der Waals surface area contributed by atoms with Crippen LogP contribution in [0.3, 0.4) is 0 Å². The molecule has 2 rings (SSSR count). The van der Waals surface area contributed by atoms with Crippen molar-refractivity contribution in [1.82, 2.24) is 9.55 Å². The summed E-state index contributed by atoms with van der Waals surface area (Å²) in [6, 6.07) is 3.57. The molecule has 0 spiro atoms. The van der Waals surface area contributed by atoms with E-state index in [1.807, 2.05) is 12.3 Å². The Balaban J connectivity index is 2.51. The highest BCUT2D eigenvalue weighted by atomic mass is 79.9. The molecule has 0 aliphatic rings. The maximum absolute atomic E-state index is 10.6. The van der Waals surface area contributed by atoms with Gasteiger partial charge < -0.3 is 0 Å². The van der Waals surface area contributed by atoms with E-state index in [1.165, 1.54) is 11.3 Å². The molecular weight excluding hydrogens is 252 g/mol. The third-order valence-corrected chi connectivity index (χ3v) is 3.05. The van der Waals surface area contributed by atoms with E-state index in [4.69, 9.17) is 0 Å². The van der Waals surface area contributed by atoms with Crippen LogP contribution in [0.15, 0.2) is 28.3 Å². The zero-order chi connectivity index (χ0) is 9.26. The summed E-state index contributed by atoms with van der Waals surface area (Å²) in [6.45, 7) is 0. The van der Waals surface area contributed by atoms with Crippen molar-refractivity contribution in [3.8, 4) is 5.13 Å². The van der Waals surface area contributed by atoms with Crippen LogP contribution in [0.1, 0.15) is 10.5 Å². The lowest BCUT2D eigenvalue weighted by Gasteiger charge is -1.97. The minimum atomic E-state index is 0.613. The Bertz CT molecular complexity index is 435. The lowest BCUT2D eigenvalue weighted by Crippen LogP contribution is -1.95. The zero-order valence-electron chi connectivity index (χ0n) is 6.48. The lowest BCUT2D eigenvalue weighted by atomic mass is 10.5. The third kappa shape index (κ3) is 1.57. The smallest absolute Gasteiger partial charge is 0.195 e. The van der Waals surface area contributed by atoms with Gasteiger partial charge in [0.15, 0.2) is 11.4 Å². The fraction of sp³-hybridized carbons (Fsp3) is 0. The van der Waals surface area contributed by atoms with Crippen molar-refractivity contribution in [2.75, 3.05) is 0 Å². The molecule has 3 nitrogen and oxygen atoms in total. The average Bonchev–Trinajstić information content (AvgIpc) is 2.71. The number of rotatable bonds is 2. The van der Waals surface area contributed by atoms with Crippen LogP contribution in [0.4, 0.5) is 0 Å². The predicted molar refractivity (Wildman–Crippen MR) is 54.5 cm³/mol. The van der Waals surface area contributed by atoms with Gasteiger partial charge in [-0.15, -0.1) is 0 Å². The predicted octanol–water partition coefficient (Wildman–Crippen LogP) is 2.51. The van der Waals surface area contributed by atoms with Gasteiger partial charge in [0, 0.05) is 6.20 Å². The van der Waals surface area contributed by atoms with Crippen LogP contribution >= 0.6 is 27.3 Å². The highest BCUT2D eigenvalue weighted by molar-refractivity contribution is 9.11. The summed E-state index contributed by atoms with van der Waals surface area (Å²) in [5.74, 6) is 0. The van der Waals surface area contributed by atoms with Gasteiger partial charge in [-0.1, -0.05) is 11.3 Å². The quantitative estimate of drug-likeness (QED) is 0.775. The second-order valence-corrected chi connectivity index (χ2v) is 4.76. The fourth-order valence-corrected chi connectivity index (χ4v) is 2.21. The van der Waals surface area contributed by atoms with Crippen LogP contribution in [0, 0.1) is 0 Å². The number of aldehydes is 1. The van der Waals surface area contributed by atoms with Crippen molar-refractivity contribution in [2.24, 2.45) is 0 Å². The van der Waals surface area contributed by atoms with Crippen molar-refractivity contribution in [2.45, 2.75) is 0 Å². The molecule has 0 aliphatic heterocycles. The molecule has 2 aromatic rings. The van der Waals surface area contributed by atoms with E-state index in [9.17, 15) is 4.79 Å². The molecule has 0 bridgehead atoms. The van der Waals surface area contributed by atoms with Gasteiger partial charge in [0.05, 0.1) is 15.7 Å². The van der Waals surface area contributed by atoms with Gasteiger partial charge in [-0.05, 0) is 28.1 Å². The minimum Gasteiger partial charge on any atom is -0.296 e. The highest BCUT2D eigenvalue weighted by Crippen LogP contribution is 2.23. The van der Waals surface area contributed by atoms with Crippen molar-refractivity contribution >= 4 is 33.6 Å². The summed E-state index contributed by atoms with van der Waals surface area (Å²) < 4.78 is 2.70. The minimum absolute atomic E-state index is 0.613. The molecule has 0 amide bonds. The molecule has 66 valence electrons. The SMILES string of the molecule is O=Cc1cccn1-c1ncc(Br)s1. The normalized spacial score (nSPS) is 10.2. The van der Waals surface area contributed by atoms with E-state index in [2.05, 4.69) is 20.9 Å². The van der Waals surface area contributed by atoms with Gasteiger partial charge in [-0.25, -0.2) is 4.98 Å². The molecule has 0 saturated carbocycles. The molecule has 2 heterocycles. The van der Waals surface area contributed by atoms with Crippen molar-refractivity contribution in [1.29, 1.82) is 0 Å². The third-order valence-electron chi connectivity index (χ3n) is 1.57. The standard InChI is InChI=1S/C8H5BrN2OS/c9-7-4-10-8(13-7)11-3-1-2-6(11)5-12/h1-5H. The first-order valence-corrected chi connectivity index (χ1v) is 5.16. The van der Waals surface area contributed by atoms with E-state index in [0.717, 1.165) is 15.2 Å². The molecular formula is C8H5BrN2OS. The van der Waals surface area contributed by atoms with Crippen LogP contribution in [-0.4, -0.2) is 15.8 Å². The summed E-state index contributed by atoms with van der Waals surface area (Å²) in [5, 5.41) is 0.791. The van der Waals surface area contributed by atoms with Crippen LogP contribution in [0.2, 0.25) is 0 Å². The summed E-state index contributed by atoms with van der Waals surface area (Å²) in [6.07, 6.45) is 4.35. The van der Waals surface area contributed by atoms with Crippen LogP contribution in [0.5, 0.6) is 0 Å². The van der Waals surface area contributed by atoms with E-state index in [0.29, 0.717) is 5.69 Å². The Morgan fingerprint density at radius 3 is 3.08 bits per heavy atom. The summed E-state index contributed by atoms with van der Waals surface area (Å²) in [5.41, 5.74) is 0.613. The first-order chi connectivity index (χ1) is 6.31. The van der Waals surface area contributed by atoms with Crippen molar-refractivity contribution in [3.05, 3.63) is 34.0 Å². The lowest BCUT2D eigenvalue weighted by molar-refractivity contribution is 0.111. The maximum atomic E-state index is 10.6. The summed E-state index contributed by atoms with van der Waals surface area (Å²) in [4.78, 5) is 14.8. The number of nitrogens with zero attached hydrogens (tertiary/aromatic N) is 2. The van der Waals surface area contributed by atoms with Crippen molar-refractivity contribution < 1.29 is 4.79 Å². The Hall–Kier alpha value is -0.940. The Morgan fingerprint density at radius 2 is 2.46 bits per heavy atom. The first kappa shape index (κ1) is 8.65. The van der Waals surface area contributed by atoms with Crippen LogP contribution in [-0.2, 0) is 0 Å². The number of aromatic nitrogens is 2. The molecule has 0 aromatic carbocycles. The molecule has 0 atom stereocenters. The Kier molecular flexibility index (Phi) is 2.28. The number of carbonyl (C=O) groups is 1. The molecule has 5 heteroatoms. The van der Waals surface area contributed by atoms with Crippen molar-refractivity contribution in [3.63, 3.8) is 0 Å². The summed E-state index contributed by atoms with van der Waals surface area (Å²) in [7, 11) is 0. The van der Waals surface area contributed by atoms with E-state index in [1.54, 1.807) is 16.8 Å². The molecule has 0 N–H and O–H groups in total. The van der Waals surface area contributed by atoms with Gasteiger partial charge in [0.1, 0.15) is 0 Å². The largest absolute Gasteiger partial charge is 0.296 e. The van der Waals surface area contributed by atoms with Gasteiger partial charge >= 0.3 is 0 Å². The second-order valence-electron chi connectivity index (χ2n) is 2.37. The number of thiazole rings is 1. The van der Waals surface area contributed by atoms with E-state index in [-0.39, 0.29) is 0 Å². The number of carbonyl (C=O) groups excluding carboxylic acids is 1. The second kappa shape index (κ2) is 3.43. The molecule has 13 heavy (non-hydrogen) atoms. The molecule has 0 unspecified atom stereocenters. The maximum Gasteiger partial charge on any atom is 0.195 e. The zero-order valence-corrected chi connectivity index (χ0v) is 8.88. The van der Waals surface area contributed by atoms with Crippen LogP contribution in [0.25, 0.3) is 5.13 Å². The average molecular weight is 257 g/mol. The Morgan fingerprint density at radius 1 is 1.62 bits per heavy atom. The number of hydrogen-bond acceptors (Lipinski definition) is 3. The summed E-state index contributed by atoms with van der Waals surface area (Å²) >= 11 is 4.80. The molecule has 2 aromatic heterocycles. The number of halogens is 1. The molecule has 0 aliphatic carbocycles.